The summed E-state index contributed by atoms with van der Waals surface area (Å²) in [5.41, 5.74) is 3.86. The molecule has 5 nitrogen and oxygen atoms in total. The molecule has 1 fully saturated rings. The van der Waals surface area contributed by atoms with Crippen LogP contribution in [-0.2, 0) is 19.3 Å². The van der Waals surface area contributed by atoms with Gasteiger partial charge in [0.1, 0.15) is 18.0 Å². The van der Waals surface area contributed by atoms with Gasteiger partial charge in [-0.05, 0) is 20.3 Å². The van der Waals surface area contributed by atoms with Crippen LogP contribution in [0.5, 0.6) is 17.2 Å². The van der Waals surface area contributed by atoms with Gasteiger partial charge >= 0.3 is 0 Å². The lowest BCUT2D eigenvalue weighted by Crippen LogP contribution is -2.44. The van der Waals surface area contributed by atoms with Crippen molar-refractivity contribution in [3.8, 4) is 17.2 Å². The number of nitrogens with one attached hydrogen (secondary N) is 1. The van der Waals surface area contributed by atoms with E-state index in [9.17, 15) is 0 Å². The van der Waals surface area contributed by atoms with E-state index in [0.29, 0.717) is 0 Å². The third kappa shape index (κ3) is 2.74. The minimum Gasteiger partial charge on any atom is -0.492 e. The summed E-state index contributed by atoms with van der Waals surface area (Å²) in [6, 6.07) is 0. The number of hydrogen-bond donors (Lipinski definition) is 1. The van der Waals surface area contributed by atoms with Crippen LogP contribution in [0.2, 0.25) is 0 Å². The highest BCUT2D eigenvalue weighted by molar-refractivity contribution is 5.66. The fourth-order valence-electron chi connectivity index (χ4n) is 4.25. The summed E-state index contributed by atoms with van der Waals surface area (Å²) in [5, 5.41) is 3.42. The molecule has 5 heteroatoms. The number of ether oxygens (including phenoxy) is 3. The van der Waals surface area contributed by atoms with E-state index in [1.54, 1.807) is 7.11 Å². The average Bonchev–Trinajstić information content (AvgIpc) is 3.14. The molecule has 132 valence electrons. The Labute approximate surface area is 144 Å². The van der Waals surface area contributed by atoms with Crippen molar-refractivity contribution in [2.24, 2.45) is 0 Å². The predicted molar refractivity (Wildman–Crippen MR) is 93.6 cm³/mol. The Bertz CT molecular complexity index is 587. The van der Waals surface area contributed by atoms with Crippen LogP contribution in [0.4, 0.5) is 0 Å². The van der Waals surface area contributed by atoms with Crippen molar-refractivity contribution in [2.75, 3.05) is 39.8 Å². The Hall–Kier alpha value is -1.46. The quantitative estimate of drug-likeness (QED) is 0.911. The maximum Gasteiger partial charge on any atom is 0.168 e. The van der Waals surface area contributed by atoms with E-state index in [2.05, 4.69) is 24.1 Å². The molecule has 0 bridgehead atoms. The van der Waals surface area contributed by atoms with Crippen LogP contribution in [0, 0.1) is 0 Å². The average molecular weight is 332 g/mol. The lowest BCUT2D eigenvalue weighted by molar-refractivity contribution is 0.237. The maximum atomic E-state index is 6.21. The van der Waals surface area contributed by atoms with Gasteiger partial charge in [-0.2, -0.15) is 0 Å². The monoisotopic (exact) mass is 332 g/mol. The van der Waals surface area contributed by atoms with Gasteiger partial charge in [0.05, 0.1) is 7.11 Å². The first-order chi connectivity index (χ1) is 11.7. The maximum absolute atomic E-state index is 6.21. The Morgan fingerprint density at radius 1 is 1.04 bits per heavy atom. The number of benzene rings is 1. The zero-order valence-electron chi connectivity index (χ0n) is 15.0. The molecular formula is C19H28N2O3. The second-order valence-corrected chi connectivity index (χ2v) is 7.23. The van der Waals surface area contributed by atoms with Gasteiger partial charge in [0.15, 0.2) is 11.5 Å². The zero-order chi connectivity index (χ0) is 16.7. The van der Waals surface area contributed by atoms with E-state index < -0.39 is 0 Å². The summed E-state index contributed by atoms with van der Waals surface area (Å²) in [6.07, 6.45) is 3.31. The fourth-order valence-corrected chi connectivity index (χ4v) is 4.25. The molecule has 0 aliphatic carbocycles. The Kier molecular flexibility index (Phi) is 4.31. The van der Waals surface area contributed by atoms with Gasteiger partial charge in [0.2, 0.25) is 0 Å². The van der Waals surface area contributed by atoms with Crippen LogP contribution in [-0.4, -0.2) is 56.9 Å². The number of hydrogen-bond acceptors (Lipinski definition) is 5. The van der Waals surface area contributed by atoms with Gasteiger partial charge in [-0.25, -0.2) is 0 Å². The molecular weight excluding hydrogens is 304 g/mol. The van der Waals surface area contributed by atoms with Crippen molar-refractivity contribution < 1.29 is 14.2 Å². The van der Waals surface area contributed by atoms with Crippen molar-refractivity contribution in [2.45, 2.75) is 45.3 Å². The minimum absolute atomic E-state index is 0.215. The lowest BCUT2D eigenvalue weighted by Gasteiger charge is -2.27. The molecule has 2 atom stereocenters. The normalized spacial score (nSPS) is 25.8. The van der Waals surface area contributed by atoms with E-state index in [1.807, 2.05) is 0 Å². The van der Waals surface area contributed by atoms with Gasteiger partial charge in [0, 0.05) is 62.3 Å². The predicted octanol–water partition coefficient (Wildman–Crippen LogP) is 1.79. The first-order valence-corrected chi connectivity index (χ1v) is 9.18. The molecule has 0 aromatic heterocycles. The van der Waals surface area contributed by atoms with Crippen molar-refractivity contribution in [1.82, 2.24) is 10.2 Å². The molecule has 1 aromatic carbocycles. The van der Waals surface area contributed by atoms with Crippen LogP contribution < -0.4 is 19.5 Å². The van der Waals surface area contributed by atoms with Crippen LogP contribution >= 0.6 is 0 Å². The molecule has 0 saturated carbocycles. The fraction of sp³-hybridized carbons (Fsp3) is 0.684. The summed E-state index contributed by atoms with van der Waals surface area (Å²) < 4.78 is 18.1. The summed E-state index contributed by atoms with van der Waals surface area (Å²) in [6.45, 7) is 9.79. The number of fused-ring (bicyclic) bond motifs is 2. The van der Waals surface area contributed by atoms with Crippen LogP contribution in [0.25, 0.3) is 0 Å². The van der Waals surface area contributed by atoms with Gasteiger partial charge in [0.25, 0.3) is 0 Å². The largest absolute Gasteiger partial charge is 0.492 e. The number of nitrogens with zero attached hydrogens (tertiary/aromatic N) is 1. The molecule has 4 rings (SSSR count). The van der Waals surface area contributed by atoms with E-state index in [1.165, 1.54) is 16.7 Å². The van der Waals surface area contributed by atoms with Gasteiger partial charge in [-0.15, -0.1) is 0 Å². The van der Waals surface area contributed by atoms with Crippen LogP contribution in [0.1, 0.15) is 30.5 Å². The second-order valence-electron chi connectivity index (χ2n) is 7.23. The van der Waals surface area contributed by atoms with Crippen LogP contribution in [0.15, 0.2) is 0 Å². The number of methoxy groups -OCH3 is 1. The smallest absolute Gasteiger partial charge is 0.168 e. The second kappa shape index (κ2) is 6.45. The summed E-state index contributed by atoms with van der Waals surface area (Å²) >= 11 is 0. The molecule has 1 saturated heterocycles. The third-order valence-corrected chi connectivity index (χ3v) is 5.38. The molecule has 24 heavy (non-hydrogen) atoms. The van der Waals surface area contributed by atoms with Gasteiger partial charge in [-0.1, -0.05) is 0 Å². The van der Waals surface area contributed by atoms with Gasteiger partial charge < -0.3 is 24.4 Å². The van der Waals surface area contributed by atoms with E-state index in [0.717, 1.165) is 69.2 Å². The summed E-state index contributed by atoms with van der Waals surface area (Å²) in [4.78, 5) is 2.54. The molecule has 3 heterocycles. The van der Waals surface area contributed by atoms with E-state index in [-0.39, 0.29) is 12.2 Å². The molecule has 0 radical (unpaired) electrons. The first-order valence-electron chi connectivity index (χ1n) is 9.18. The highest BCUT2D eigenvalue weighted by atomic mass is 16.5. The topological polar surface area (TPSA) is 43.0 Å². The third-order valence-electron chi connectivity index (χ3n) is 5.38. The lowest BCUT2D eigenvalue weighted by atomic mass is 9.94. The number of rotatable bonds is 4. The summed E-state index contributed by atoms with van der Waals surface area (Å²) in [7, 11) is 1.74. The molecule has 0 spiro atoms. The van der Waals surface area contributed by atoms with E-state index in [4.69, 9.17) is 14.2 Å². The van der Waals surface area contributed by atoms with Crippen molar-refractivity contribution in [3.63, 3.8) is 0 Å². The first kappa shape index (κ1) is 16.0. The zero-order valence-corrected chi connectivity index (χ0v) is 15.0. The molecule has 3 aliphatic rings. The summed E-state index contributed by atoms with van der Waals surface area (Å²) in [5.74, 6) is 2.95. The molecule has 0 amide bonds. The minimum atomic E-state index is 0.215. The van der Waals surface area contributed by atoms with Crippen molar-refractivity contribution in [3.05, 3.63) is 16.7 Å². The highest BCUT2D eigenvalue weighted by Gasteiger charge is 2.36. The molecule has 1 N–H and O–H groups in total. The molecule has 3 aliphatic heterocycles. The van der Waals surface area contributed by atoms with Crippen molar-refractivity contribution >= 4 is 0 Å². The Balaban J connectivity index is 1.68. The van der Waals surface area contributed by atoms with E-state index >= 15 is 0 Å². The standard InChI is InChI=1S/C19H28N2O3/c1-12-10-15-14(4-7-21-8-5-20-6-9-21)17-16(11-13(2)23-17)18(22-3)19(15)24-12/h12-13,20H,4-11H2,1-3H3. The Morgan fingerprint density at radius 3 is 2.42 bits per heavy atom. The molecule has 1 aromatic rings. The SMILES string of the molecule is COc1c2c(c(CCN3CCNCC3)c3c1OC(C)C3)OC(C)C2. The van der Waals surface area contributed by atoms with Crippen LogP contribution in [0.3, 0.4) is 0 Å². The van der Waals surface area contributed by atoms with Crippen molar-refractivity contribution in [1.29, 1.82) is 0 Å². The highest BCUT2D eigenvalue weighted by Crippen LogP contribution is 2.51. The Morgan fingerprint density at radius 2 is 1.71 bits per heavy atom. The number of piperazine rings is 1. The van der Waals surface area contributed by atoms with Gasteiger partial charge in [-0.3, -0.25) is 0 Å². The molecule has 2 unspecified atom stereocenters.